The van der Waals surface area contributed by atoms with Gasteiger partial charge in [-0.2, -0.15) is 10.1 Å². The molecule has 0 saturated heterocycles. The fraction of sp³-hybridized carbons (Fsp3) is 0.400. The van der Waals surface area contributed by atoms with Crippen LogP contribution in [0, 0.1) is 12.7 Å². The number of fused-ring (bicyclic) bond motifs is 1. The molecule has 11 nitrogen and oxygen atoms in total. The van der Waals surface area contributed by atoms with Gasteiger partial charge in [-0.3, -0.25) is 14.5 Å². The summed E-state index contributed by atoms with van der Waals surface area (Å²) in [4.78, 5) is 38.1. The van der Waals surface area contributed by atoms with Crippen LogP contribution in [-0.2, 0) is 12.1 Å². The van der Waals surface area contributed by atoms with E-state index in [0.717, 1.165) is 5.56 Å². The summed E-state index contributed by atoms with van der Waals surface area (Å²) >= 11 is 0. The monoisotopic (exact) mass is 509 g/mol. The minimum atomic E-state index is -0.630. The summed E-state index contributed by atoms with van der Waals surface area (Å²) in [7, 11) is 1.71. The number of carbonyl (C=O) groups excluding carboxylic acids is 2. The quantitative estimate of drug-likeness (QED) is 0.449. The molecule has 3 N–H and O–H groups in total. The highest BCUT2D eigenvalue weighted by Gasteiger charge is 2.35. The molecule has 0 saturated carbocycles. The van der Waals surface area contributed by atoms with Gasteiger partial charge in [-0.15, -0.1) is 0 Å². The van der Waals surface area contributed by atoms with Crippen LogP contribution in [0.1, 0.15) is 45.7 Å². The first-order chi connectivity index (χ1) is 17.4. The van der Waals surface area contributed by atoms with E-state index in [1.54, 1.807) is 35.9 Å². The highest BCUT2D eigenvalue weighted by atomic mass is 19.1. The molecule has 1 aliphatic rings. The minimum absolute atomic E-state index is 0.0576. The molecule has 0 bridgehead atoms. The summed E-state index contributed by atoms with van der Waals surface area (Å²) in [5.74, 6) is 0.326. The predicted molar refractivity (Wildman–Crippen MR) is 142 cm³/mol. The third kappa shape index (κ3) is 5.18. The maximum atomic E-state index is 14.9. The maximum absolute atomic E-state index is 14.9. The van der Waals surface area contributed by atoms with Crippen molar-refractivity contribution in [1.29, 1.82) is 0 Å². The second-order valence-electron chi connectivity index (χ2n) is 10.2. The molecule has 3 aromatic rings. The van der Waals surface area contributed by atoms with Gasteiger partial charge in [-0.05, 0) is 59.2 Å². The number of carbonyl (C=O) groups is 2. The van der Waals surface area contributed by atoms with Gasteiger partial charge < -0.3 is 16.0 Å². The number of aromatic nitrogens is 4. The van der Waals surface area contributed by atoms with Gasteiger partial charge in [-0.1, -0.05) is 0 Å². The van der Waals surface area contributed by atoms with E-state index in [9.17, 15) is 14.0 Å². The number of nitrogens with one attached hydrogen (secondary N) is 3. The van der Waals surface area contributed by atoms with Gasteiger partial charge in [0.25, 0.3) is 0 Å². The largest absolute Gasteiger partial charge is 0.357 e. The van der Waals surface area contributed by atoms with Gasteiger partial charge in [0.2, 0.25) is 5.95 Å². The zero-order chi connectivity index (χ0) is 27.1. The number of anilines is 5. The molecule has 2 aromatic heterocycles. The van der Waals surface area contributed by atoms with Gasteiger partial charge in [-0.25, -0.2) is 19.0 Å². The Labute approximate surface area is 215 Å². The van der Waals surface area contributed by atoms with Gasteiger partial charge in [0.15, 0.2) is 0 Å². The molecule has 0 atom stereocenters. The third-order valence-corrected chi connectivity index (χ3v) is 5.93. The standard InChI is InChI=1S/C25H32FN9O2/c1-14(2)35-21-16(10-28-22(27-7)32-21)12-33(24(35)37)20-9-19(18(26)8-15(20)3)31-23(36)30-17-11-29-34(13-17)25(4,5)6/h8-11,13-14H,12H2,1-7H3,(H,27,28,32)(H2,30,31,36). The van der Waals surface area contributed by atoms with E-state index in [0.29, 0.717) is 28.7 Å². The summed E-state index contributed by atoms with van der Waals surface area (Å²) in [6.07, 6.45) is 4.89. The van der Waals surface area contributed by atoms with E-state index in [4.69, 9.17) is 0 Å². The van der Waals surface area contributed by atoms with Crippen LogP contribution in [0.4, 0.5) is 42.8 Å². The molecule has 0 aliphatic carbocycles. The summed E-state index contributed by atoms with van der Waals surface area (Å²) in [5.41, 5.74) is 1.92. The topological polar surface area (TPSA) is 120 Å². The van der Waals surface area contributed by atoms with Crippen molar-refractivity contribution in [3.8, 4) is 0 Å². The van der Waals surface area contributed by atoms with E-state index in [-0.39, 0.29) is 29.8 Å². The Morgan fingerprint density at radius 3 is 2.51 bits per heavy atom. The number of rotatable bonds is 5. The van der Waals surface area contributed by atoms with Crippen molar-refractivity contribution in [1.82, 2.24) is 19.7 Å². The summed E-state index contributed by atoms with van der Waals surface area (Å²) in [5, 5.41) is 12.4. The summed E-state index contributed by atoms with van der Waals surface area (Å²) < 4.78 is 16.6. The maximum Gasteiger partial charge on any atom is 0.330 e. The van der Waals surface area contributed by atoms with Crippen LogP contribution in [0.15, 0.2) is 30.7 Å². The predicted octanol–water partition coefficient (Wildman–Crippen LogP) is 4.92. The van der Waals surface area contributed by atoms with Gasteiger partial charge in [0, 0.05) is 31.0 Å². The van der Waals surface area contributed by atoms with Crippen molar-refractivity contribution < 1.29 is 14.0 Å². The lowest BCUT2D eigenvalue weighted by molar-refractivity contribution is 0.248. The van der Waals surface area contributed by atoms with E-state index < -0.39 is 11.8 Å². The number of hydrogen-bond donors (Lipinski definition) is 3. The molecule has 0 radical (unpaired) electrons. The second kappa shape index (κ2) is 9.68. The van der Waals surface area contributed by atoms with E-state index >= 15 is 0 Å². The average molecular weight is 510 g/mol. The molecule has 0 fully saturated rings. The fourth-order valence-electron chi connectivity index (χ4n) is 4.04. The number of halogens is 1. The Morgan fingerprint density at radius 2 is 1.89 bits per heavy atom. The van der Waals surface area contributed by atoms with Crippen molar-refractivity contribution in [2.45, 2.75) is 59.7 Å². The first-order valence-electron chi connectivity index (χ1n) is 12.0. The van der Waals surface area contributed by atoms with Crippen LogP contribution in [0.25, 0.3) is 0 Å². The first-order valence-corrected chi connectivity index (χ1v) is 12.0. The first kappa shape index (κ1) is 25.9. The van der Waals surface area contributed by atoms with Crippen molar-refractivity contribution in [3.05, 3.63) is 47.7 Å². The number of benzene rings is 1. The Hall–Kier alpha value is -4.22. The van der Waals surface area contributed by atoms with Gasteiger partial charge >= 0.3 is 12.1 Å². The molecular formula is C25H32FN9O2. The molecule has 0 unspecified atom stereocenters. The average Bonchev–Trinajstić information content (AvgIpc) is 3.29. The van der Waals surface area contributed by atoms with Crippen LogP contribution < -0.4 is 25.8 Å². The molecule has 1 aliphatic heterocycles. The smallest absolute Gasteiger partial charge is 0.330 e. The van der Waals surface area contributed by atoms with Crippen LogP contribution >= 0.6 is 0 Å². The summed E-state index contributed by atoms with van der Waals surface area (Å²) in [6, 6.07) is 1.64. The molecule has 4 rings (SSSR count). The van der Waals surface area contributed by atoms with Crippen LogP contribution in [-0.4, -0.2) is 44.9 Å². The Bertz CT molecular complexity index is 1350. The number of amides is 4. The van der Waals surface area contributed by atoms with E-state index in [2.05, 4.69) is 31.0 Å². The number of nitrogens with zero attached hydrogens (tertiary/aromatic N) is 6. The number of aryl methyl sites for hydroxylation is 1. The third-order valence-electron chi connectivity index (χ3n) is 5.93. The summed E-state index contributed by atoms with van der Waals surface area (Å²) in [6.45, 7) is 11.7. The molecule has 3 heterocycles. The van der Waals surface area contributed by atoms with Crippen molar-refractivity contribution in [3.63, 3.8) is 0 Å². The lowest BCUT2D eigenvalue weighted by Gasteiger charge is -2.38. The van der Waals surface area contributed by atoms with Gasteiger partial charge in [0.1, 0.15) is 11.6 Å². The van der Waals surface area contributed by atoms with Crippen molar-refractivity contribution in [2.24, 2.45) is 0 Å². The lowest BCUT2D eigenvalue weighted by atomic mass is 10.1. The molecular weight excluding hydrogens is 477 g/mol. The second-order valence-corrected chi connectivity index (χ2v) is 10.2. The molecule has 1 aromatic carbocycles. The highest BCUT2D eigenvalue weighted by Crippen LogP contribution is 2.35. The van der Waals surface area contributed by atoms with E-state index in [1.807, 2.05) is 34.6 Å². The fourth-order valence-corrected chi connectivity index (χ4v) is 4.04. The lowest BCUT2D eigenvalue weighted by Crippen LogP contribution is -2.51. The van der Waals surface area contributed by atoms with Crippen LogP contribution in [0.2, 0.25) is 0 Å². The van der Waals surface area contributed by atoms with Crippen molar-refractivity contribution >= 4 is 40.9 Å². The highest BCUT2D eigenvalue weighted by molar-refractivity contribution is 6.07. The molecule has 196 valence electrons. The zero-order valence-electron chi connectivity index (χ0n) is 22.0. The normalized spacial score (nSPS) is 13.6. The Balaban J connectivity index is 1.62. The number of urea groups is 2. The molecule has 4 amide bonds. The van der Waals surface area contributed by atoms with Crippen molar-refractivity contribution in [2.75, 3.05) is 32.8 Å². The Morgan fingerprint density at radius 1 is 1.16 bits per heavy atom. The van der Waals surface area contributed by atoms with E-state index in [1.165, 1.54) is 23.2 Å². The number of hydrogen-bond acceptors (Lipinski definition) is 6. The SMILES string of the molecule is CNc1ncc2c(n1)N(C(C)C)C(=O)N(c1cc(NC(=O)Nc3cnn(C(C)(C)C)c3)c(F)cc1C)C2. The van der Waals surface area contributed by atoms with Crippen LogP contribution in [0.3, 0.4) is 0 Å². The molecule has 12 heteroatoms. The molecule has 0 spiro atoms. The minimum Gasteiger partial charge on any atom is -0.357 e. The van der Waals surface area contributed by atoms with Crippen LogP contribution in [0.5, 0.6) is 0 Å². The molecule has 37 heavy (non-hydrogen) atoms. The van der Waals surface area contributed by atoms with Gasteiger partial charge in [0.05, 0.1) is 35.3 Å². The Kier molecular flexibility index (Phi) is 6.76. The zero-order valence-corrected chi connectivity index (χ0v) is 22.0.